The minimum atomic E-state index is -4.16. The van der Waals surface area contributed by atoms with E-state index in [0.717, 1.165) is 41.1 Å². The third-order valence-electron chi connectivity index (χ3n) is 5.86. The van der Waals surface area contributed by atoms with Crippen molar-refractivity contribution in [3.8, 4) is 17.6 Å². The molecule has 0 bridgehead atoms. The van der Waals surface area contributed by atoms with Crippen LogP contribution in [-0.2, 0) is 18.1 Å². The van der Waals surface area contributed by atoms with Crippen LogP contribution >= 0.6 is 0 Å². The number of alkyl halides is 2. The van der Waals surface area contributed by atoms with Crippen molar-refractivity contribution in [2.24, 2.45) is 4.99 Å². The van der Waals surface area contributed by atoms with Crippen molar-refractivity contribution in [1.29, 1.82) is 0 Å². The van der Waals surface area contributed by atoms with Gasteiger partial charge in [0.15, 0.2) is 5.60 Å². The third-order valence-corrected chi connectivity index (χ3v) is 5.86. The molecule has 4 aromatic rings. The Morgan fingerprint density at radius 3 is 2.44 bits per heavy atom. The Bertz CT molecular complexity index is 1600. The molecule has 2 aromatic heterocycles. The van der Waals surface area contributed by atoms with Crippen LogP contribution in [0.3, 0.4) is 0 Å². The summed E-state index contributed by atoms with van der Waals surface area (Å²) in [5.74, 6) is -0.139. The van der Waals surface area contributed by atoms with Gasteiger partial charge in [-0.1, -0.05) is 17.9 Å². The lowest BCUT2D eigenvalue weighted by Crippen LogP contribution is -2.48. The van der Waals surface area contributed by atoms with Gasteiger partial charge in [0.25, 0.3) is 0 Å². The molecule has 0 radical (unpaired) electrons. The summed E-state index contributed by atoms with van der Waals surface area (Å²) in [7, 11) is 0. The number of hydrogen-bond acceptors (Lipinski definition) is 7. The number of aliphatic hydroxyl groups is 1. The van der Waals surface area contributed by atoms with Crippen molar-refractivity contribution in [3.63, 3.8) is 0 Å². The molecule has 0 saturated carbocycles. The highest BCUT2D eigenvalue weighted by atomic mass is 19.3. The maximum absolute atomic E-state index is 15.8. The minimum Gasteiger partial charge on any atom is -0.488 e. The normalized spacial score (nSPS) is 13.5. The molecule has 0 aliphatic rings. The topological polar surface area (TPSA) is 98.3 Å². The van der Waals surface area contributed by atoms with E-state index in [9.17, 15) is 13.9 Å². The van der Waals surface area contributed by atoms with Crippen LogP contribution < -0.4 is 4.74 Å². The Morgan fingerprint density at radius 2 is 1.80 bits per heavy atom. The second kappa shape index (κ2) is 12.5. The van der Waals surface area contributed by atoms with Gasteiger partial charge in [0, 0.05) is 35.2 Å². The number of halogens is 4. The summed E-state index contributed by atoms with van der Waals surface area (Å²) in [6.45, 7) is 3.11. The van der Waals surface area contributed by atoms with Crippen LogP contribution in [0.4, 0.5) is 17.6 Å². The minimum absolute atomic E-state index is 0.317. The monoisotopic (exact) mass is 564 g/mol. The lowest BCUT2D eigenvalue weighted by atomic mass is 9.84. The molecule has 41 heavy (non-hydrogen) atoms. The van der Waals surface area contributed by atoms with E-state index >= 15 is 8.78 Å². The van der Waals surface area contributed by atoms with E-state index in [4.69, 9.17) is 4.74 Å². The Morgan fingerprint density at radius 1 is 1.07 bits per heavy atom. The van der Waals surface area contributed by atoms with E-state index in [1.165, 1.54) is 6.07 Å². The molecule has 1 unspecified atom stereocenters. The standard InChI is InChI=1S/C29H24F4N6O2/c1-3-14-34-20(2)17-41-24-10-6-21(7-11-24)4-5-22-8-13-27(35-16-22)29(32,33)28(40,18-39-19-36-37-38-39)25-12-9-23(30)15-26(25)31/h3,6-16,19,40H,17-18H2,1-2H3/b14-3-,34-20?. The largest absolute Gasteiger partial charge is 0.488 e. The zero-order valence-corrected chi connectivity index (χ0v) is 22.0. The number of rotatable bonds is 9. The molecule has 0 fully saturated rings. The Balaban J connectivity index is 1.54. The van der Waals surface area contributed by atoms with Gasteiger partial charge >= 0.3 is 5.92 Å². The second-order valence-corrected chi connectivity index (χ2v) is 8.91. The average Bonchev–Trinajstić information content (AvgIpc) is 3.47. The van der Waals surface area contributed by atoms with E-state index in [2.05, 4.69) is 37.3 Å². The van der Waals surface area contributed by atoms with Crippen molar-refractivity contribution < 1.29 is 27.4 Å². The summed E-state index contributed by atoms with van der Waals surface area (Å²) >= 11 is 0. The predicted molar refractivity (Wildman–Crippen MR) is 142 cm³/mol. The van der Waals surface area contributed by atoms with Crippen LogP contribution in [0.15, 0.2) is 84.4 Å². The van der Waals surface area contributed by atoms with E-state index in [1.54, 1.807) is 30.5 Å². The molecule has 0 aliphatic heterocycles. The first-order valence-electron chi connectivity index (χ1n) is 12.2. The summed E-state index contributed by atoms with van der Waals surface area (Å²) in [5.41, 5.74) is -3.16. The smallest absolute Gasteiger partial charge is 0.323 e. The summed E-state index contributed by atoms with van der Waals surface area (Å²) < 4.78 is 66.3. The Hall–Kier alpha value is -4.89. The van der Waals surface area contributed by atoms with E-state index < -0.39 is 41.0 Å². The quantitative estimate of drug-likeness (QED) is 0.178. The fraction of sp³-hybridized carbons (Fsp3) is 0.207. The number of tetrazole rings is 1. The number of benzene rings is 2. The molecule has 1 N–H and O–H groups in total. The molecule has 2 heterocycles. The van der Waals surface area contributed by atoms with Gasteiger partial charge in [-0.3, -0.25) is 9.98 Å². The number of allylic oxidation sites excluding steroid dienone is 1. The Labute approximate surface area is 233 Å². The summed E-state index contributed by atoms with van der Waals surface area (Å²) in [6, 6.07) is 11.2. The van der Waals surface area contributed by atoms with Gasteiger partial charge in [-0.25, -0.2) is 13.5 Å². The summed E-state index contributed by atoms with van der Waals surface area (Å²) in [5, 5.41) is 21.4. The first-order chi connectivity index (χ1) is 19.6. The molecule has 210 valence electrons. The van der Waals surface area contributed by atoms with Crippen molar-refractivity contribution in [2.45, 2.75) is 31.9 Å². The Kier molecular flexibility index (Phi) is 8.89. The van der Waals surface area contributed by atoms with Gasteiger partial charge in [-0.05, 0) is 72.8 Å². The third kappa shape index (κ3) is 6.82. The second-order valence-electron chi connectivity index (χ2n) is 8.91. The molecule has 0 spiro atoms. The van der Waals surface area contributed by atoms with Gasteiger partial charge < -0.3 is 9.84 Å². The number of aromatic nitrogens is 5. The highest BCUT2D eigenvalue weighted by Crippen LogP contribution is 2.46. The van der Waals surface area contributed by atoms with Gasteiger partial charge in [0.2, 0.25) is 0 Å². The first-order valence-corrected chi connectivity index (χ1v) is 12.2. The van der Waals surface area contributed by atoms with E-state index in [0.29, 0.717) is 29.5 Å². The number of ether oxygens (including phenoxy) is 1. The molecular weight excluding hydrogens is 540 g/mol. The molecule has 0 amide bonds. The van der Waals surface area contributed by atoms with Crippen LogP contribution in [-0.4, -0.2) is 42.6 Å². The molecule has 0 saturated heterocycles. The molecule has 12 heteroatoms. The van der Waals surface area contributed by atoms with E-state index in [-0.39, 0.29) is 0 Å². The number of pyridine rings is 1. The van der Waals surface area contributed by atoms with Crippen LogP contribution in [0, 0.1) is 23.5 Å². The molecule has 8 nitrogen and oxygen atoms in total. The van der Waals surface area contributed by atoms with Gasteiger partial charge in [0.1, 0.15) is 36.0 Å². The lowest BCUT2D eigenvalue weighted by Gasteiger charge is -2.35. The van der Waals surface area contributed by atoms with E-state index in [1.807, 2.05) is 19.9 Å². The molecular formula is C29H24F4N6O2. The van der Waals surface area contributed by atoms with Crippen LogP contribution in [0.5, 0.6) is 5.75 Å². The van der Waals surface area contributed by atoms with Gasteiger partial charge in [0.05, 0.1) is 12.3 Å². The first kappa shape index (κ1) is 29.1. The predicted octanol–water partition coefficient (Wildman–Crippen LogP) is 4.80. The summed E-state index contributed by atoms with van der Waals surface area (Å²) in [4.78, 5) is 8.00. The molecule has 1 atom stereocenters. The van der Waals surface area contributed by atoms with Crippen molar-refractivity contribution in [3.05, 3.63) is 113 Å². The van der Waals surface area contributed by atoms with Crippen molar-refractivity contribution in [2.75, 3.05) is 6.61 Å². The zero-order valence-electron chi connectivity index (χ0n) is 22.0. The lowest BCUT2D eigenvalue weighted by molar-refractivity contribution is -0.207. The van der Waals surface area contributed by atoms with Crippen LogP contribution in [0.2, 0.25) is 0 Å². The molecule has 2 aromatic carbocycles. The molecule has 4 rings (SSSR count). The maximum Gasteiger partial charge on any atom is 0.323 e. The number of aliphatic imine (C=N–C) groups is 1. The number of nitrogens with zero attached hydrogens (tertiary/aromatic N) is 6. The van der Waals surface area contributed by atoms with Crippen LogP contribution in [0.1, 0.15) is 36.2 Å². The van der Waals surface area contributed by atoms with Gasteiger partial charge in [-0.2, -0.15) is 8.78 Å². The van der Waals surface area contributed by atoms with Crippen molar-refractivity contribution >= 4 is 5.71 Å². The zero-order chi connectivity index (χ0) is 29.5. The fourth-order valence-corrected chi connectivity index (χ4v) is 3.74. The number of hydrogen-bond donors (Lipinski definition) is 1. The fourth-order valence-electron chi connectivity index (χ4n) is 3.74. The van der Waals surface area contributed by atoms with Crippen LogP contribution in [0.25, 0.3) is 0 Å². The maximum atomic E-state index is 15.8. The van der Waals surface area contributed by atoms with Gasteiger partial charge in [-0.15, -0.1) is 5.10 Å². The average molecular weight is 565 g/mol. The SMILES string of the molecule is C/C=C\N=C(C)COc1ccc(C#Cc2ccc(C(F)(F)C(O)(Cn3cnnn3)c3ccc(F)cc3F)nc2)cc1. The molecule has 0 aliphatic carbocycles. The van der Waals surface area contributed by atoms with Crippen molar-refractivity contribution in [1.82, 2.24) is 25.2 Å². The highest BCUT2D eigenvalue weighted by molar-refractivity contribution is 5.83. The summed E-state index contributed by atoms with van der Waals surface area (Å²) in [6.07, 6.45) is 5.59. The highest BCUT2D eigenvalue weighted by Gasteiger charge is 2.57.